The maximum absolute atomic E-state index is 10.9. The molecule has 0 bridgehead atoms. The van der Waals surface area contributed by atoms with Gasteiger partial charge in [-0.05, 0) is 25.0 Å². The quantitative estimate of drug-likeness (QED) is 0.344. The zero-order valence-electron chi connectivity index (χ0n) is 7.32. The normalized spacial score (nSPS) is 11.1. The molecule has 0 heterocycles. The molecule has 2 heteroatoms. The van der Waals surface area contributed by atoms with E-state index in [9.17, 15) is 9.59 Å². The Labute approximate surface area is 73.0 Å². The summed E-state index contributed by atoms with van der Waals surface area (Å²) in [7, 11) is 0. The first-order valence-electron chi connectivity index (χ1n) is 4.12. The Morgan fingerprint density at radius 3 is 2.42 bits per heavy atom. The minimum absolute atomic E-state index is 0.0113. The molecule has 0 saturated carbocycles. The zero-order chi connectivity index (χ0) is 9.23. The molecule has 0 rings (SSSR count). The van der Waals surface area contributed by atoms with Crippen molar-refractivity contribution in [2.75, 3.05) is 0 Å². The third kappa shape index (κ3) is 6.93. The van der Waals surface area contributed by atoms with Crippen LogP contribution < -0.4 is 0 Å². The van der Waals surface area contributed by atoms with Crippen LogP contribution in [0.15, 0.2) is 24.3 Å². The second kappa shape index (κ2) is 7.92. The van der Waals surface area contributed by atoms with Crippen molar-refractivity contribution in [2.24, 2.45) is 0 Å². The standard InChI is InChI=1S/C10H14O2/c1-2-3-7-10(12)8-5-4-6-9-11/h3,5,7-9H,2,4,6H2,1H3. The topological polar surface area (TPSA) is 34.1 Å². The van der Waals surface area contributed by atoms with Gasteiger partial charge in [0.25, 0.3) is 0 Å². The molecule has 2 nitrogen and oxygen atoms in total. The lowest BCUT2D eigenvalue weighted by atomic mass is 10.2. The van der Waals surface area contributed by atoms with Crippen LogP contribution in [0.2, 0.25) is 0 Å². The van der Waals surface area contributed by atoms with Crippen molar-refractivity contribution >= 4 is 12.1 Å². The van der Waals surface area contributed by atoms with E-state index in [2.05, 4.69) is 0 Å². The highest BCUT2D eigenvalue weighted by molar-refractivity contribution is 5.99. The van der Waals surface area contributed by atoms with Gasteiger partial charge in [0.1, 0.15) is 6.29 Å². The number of ketones is 1. The SMILES string of the molecule is CCC=CC(=O)C=CCCC=O. The monoisotopic (exact) mass is 166 g/mol. The molecule has 0 unspecified atom stereocenters. The lowest BCUT2D eigenvalue weighted by Gasteiger charge is -1.83. The van der Waals surface area contributed by atoms with Gasteiger partial charge in [0, 0.05) is 6.42 Å². The van der Waals surface area contributed by atoms with Crippen LogP contribution >= 0.6 is 0 Å². The molecule has 0 amide bonds. The Morgan fingerprint density at radius 2 is 1.83 bits per heavy atom. The Morgan fingerprint density at radius 1 is 1.17 bits per heavy atom. The lowest BCUT2D eigenvalue weighted by molar-refractivity contribution is -0.110. The Hall–Kier alpha value is -1.18. The van der Waals surface area contributed by atoms with E-state index in [0.29, 0.717) is 12.8 Å². The molecule has 0 atom stereocenters. The molecular weight excluding hydrogens is 152 g/mol. The third-order valence-corrected chi connectivity index (χ3v) is 1.25. The van der Waals surface area contributed by atoms with Gasteiger partial charge in [0.05, 0.1) is 0 Å². The summed E-state index contributed by atoms with van der Waals surface area (Å²) in [6, 6.07) is 0. The second-order valence-electron chi connectivity index (χ2n) is 2.36. The van der Waals surface area contributed by atoms with E-state index in [-0.39, 0.29) is 5.78 Å². The van der Waals surface area contributed by atoms with E-state index in [4.69, 9.17) is 0 Å². The fourth-order valence-electron chi connectivity index (χ4n) is 0.653. The van der Waals surface area contributed by atoms with E-state index < -0.39 is 0 Å². The van der Waals surface area contributed by atoms with Gasteiger partial charge < -0.3 is 4.79 Å². The molecule has 0 aromatic carbocycles. The number of hydrogen-bond acceptors (Lipinski definition) is 2. The van der Waals surface area contributed by atoms with Gasteiger partial charge in [0.15, 0.2) is 5.78 Å². The molecule has 0 aliphatic heterocycles. The average molecular weight is 166 g/mol. The first kappa shape index (κ1) is 10.8. The minimum atomic E-state index is -0.0113. The molecule has 0 aromatic heterocycles. The molecule has 0 aromatic rings. The molecule has 0 radical (unpaired) electrons. The highest BCUT2D eigenvalue weighted by Crippen LogP contribution is 1.89. The number of carbonyl (C=O) groups is 2. The summed E-state index contributed by atoms with van der Waals surface area (Å²) in [6.45, 7) is 1.97. The smallest absolute Gasteiger partial charge is 0.177 e. The maximum Gasteiger partial charge on any atom is 0.177 e. The van der Waals surface area contributed by atoms with Gasteiger partial charge in [-0.3, -0.25) is 4.79 Å². The minimum Gasteiger partial charge on any atom is -0.303 e. The zero-order valence-corrected chi connectivity index (χ0v) is 7.32. The van der Waals surface area contributed by atoms with Crippen molar-refractivity contribution in [2.45, 2.75) is 26.2 Å². The highest BCUT2D eigenvalue weighted by Gasteiger charge is 1.85. The summed E-state index contributed by atoms with van der Waals surface area (Å²) in [5.41, 5.74) is 0. The summed E-state index contributed by atoms with van der Waals surface area (Å²) < 4.78 is 0. The Balaban J connectivity index is 3.60. The van der Waals surface area contributed by atoms with E-state index in [1.54, 1.807) is 6.08 Å². The third-order valence-electron chi connectivity index (χ3n) is 1.25. The lowest BCUT2D eigenvalue weighted by Crippen LogP contribution is -1.84. The van der Waals surface area contributed by atoms with E-state index >= 15 is 0 Å². The van der Waals surface area contributed by atoms with Crippen LogP contribution in [0.25, 0.3) is 0 Å². The first-order chi connectivity index (χ1) is 5.81. The van der Waals surface area contributed by atoms with Gasteiger partial charge in [-0.1, -0.05) is 19.1 Å². The van der Waals surface area contributed by atoms with Crippen LogP contribution in [0.4, 0.5) is 0 Å². The Kier molecular flexibility index (Phi) is 7.14. The van der Waals surface area contributed by atoms with Crippen molar-refractivity contribution in [1.29, 1.82) is 0 Å². The molecule has 0 aliphatic carbocycles. The van der Waals surface area contributed by atoms with Crippen LogP contribution in [0.5, 0.6) is 0 Å². The van der Waals surface area contributed by atoms with E-state index in [1.807, 2.05) is 13.0 Å². The van der Waals surface area contributed by atoms with Gasteiger partial charge >= 0.3 is 0 Å². The predicted octanol–water partition coefficient (Wildman–Crippen LogP) is 2.06. The van der Waals surface area contributed by atoms with Gasteiger partial charge in [0.2, 0.25) is 0 Å². The van der Waals surface area contributed by atoms with Crippen molar-refractivity contribution in [1.82, 2.24) is 0 Å². The van der Waals surface area contributed by atoms with E-state index in [0.717, 1.165) is 12.7 Å². The average Bonchev–Trinajstić information content (AvgIpc) is 2.09. The van der Waals surface area contributed by atoms with Gasteiger partial charge in [-0.2, -0.15) is 0 Å². The highest BCUT2D eigenvalue weighted by atomic mass is 16.1. The summed E-state index contributed by atoms with van der Waals surface area (Å²) in [5, 5.41) is 0. The number of allylic oxidation sites excluding steroid dienone is 4. The number of hydrogen-bond donors (Lipinski definition) is 0. The largest absolute Gasteiger partial charge is 0.303 e. The van der Waals surface area contributed by atoms with Crippen molar-refractivity contribution in [3.05, 3.63) is 24.3 Å². The van der Waals surface area contributed by atoms with E-state index in [1.165, 1.54) is 12.2 Å². The van der Waals surface area contributed by atoms with Crippen LogP contribution in [0, 0.1) is 0 Å². The predicted molar refractivity (Wildman–Crippen MR) is 48.9 cm³/mol. The molecule has 66 valence electrons. The van der Waals surface area contributed by atoms with Gasteiger partial charge in [-0.25, -0.2) is 0 Å². The molecule has 0 spiro atoms. The summed E-state index contributed by atoms with van der Waals surface area (Å²) in [5.74, 6) is -0.0113. The number of carbonyl (C=O) groups excluding carboxylic acids is 2. The number of rotatable bonds is 6. The fourth-order valence-corrected chi connectivity index (χ4v) is 0.653. The molecule has 12 heavy (non-hydrogen) atoms. The van der Waals surface area contributed by atoms with Crippen LogP contribution in [-0.4, -0.2) is 12.1 Å². The number of aldehydes is 1. The van der Waals surface area contributed by atoms with Crippen LogP contribution in [-0.2, 0) is 9.59 Å². The molecule has 0 saturated heterocycles. The van der Waals surface area contributed by atoms with Gasteiger partial charge in [-0.15, -0.1) is 0 Å². The molecular formula is C10H14O2. The molecule has 0 fully saturated rings. The summed E-state index contributed by atoms with van der Waals surface area (Å²) >= 11 is 0. The molecule has 0 N–H and O–H groups in total. The number of unbranched alkanes of at least 4 members (excludes halogenated alkanes) is 1. The first-order valence-corrected chi connectivity index (χ1v) is 4.12. The van der Waals surface area contributed by atoms with Crippen LogP contribution in [0.1, 0.15) is 26.2 Å². The molecule has 0 aliphatic rings. The van der Waals surface area contributed by atoms with Crippen molar-refractivity contribution < 1.29 is 9.59 Å². The summed E-state index contributed by atoms with van der Waals surface area (Å²) in [4.78, 5) is 20.8. The van der Waals surface area contributed by atoms with Crippen molar-refractivity contribution in [3.8, 4) is 0 Å². The maximum atomic E-state index is 10.9. The summed E-state index contributed by atoms with van der Waals surface area (Å²) in [6.07, 6.45) is 9.41. The fraction of sp³-hybridized carbons (Fsp3) is 0.400. The van der Waals surface area contributed by atoms with Crippen LogP contribution in [0.3, 0.4) is 0 Å². The second-order valence-corrected chi connectivity index (χ2v) is 2.36. The van der Waals surface area contributed by atoms with Crippen molar-refractivity contribution in [3.63, 3.8) is 0 Å². The Bertz CT molecular complexity index is 190.